The summed E-state index contributed by atoms with van der Waals surface area (Å²) >= 11 is 0. The minimum atomic E-state index is 0.433. The fourth-order valence-corrected chi connectivity index (χ4v) is 2.00. The Morgan fingerprint density at radius 1 is 1.43 bits per heavy atom. The molecule has 1 unspecified atom stereocenters. The molecule has 0 radical (unpaired) electrons. The highest BCUT2D eigenvalue weighted by Gasteiger charge is 2.47. The lowest BCUT2D eigenvalue weighted by Gasteiger charge is -2.09. The SMILES string of the molecule is COc1ccc(C2CC2(C)C)c(N)c1. The third-order valence-electron chi connectivity index (χ3n) is 3.18. The van der Waals surface area contributed by atoms with E-state index in [4.69, 9.17) is 10.5 Å². The number of methoxy groups -OCH3 is 1. The Morgan fingerprint density at radius 2 is 2.07 bits per heavy atom. The van der Waals surface area contributed by atoms with Crippen LogP contribution in [0.2, 0.25) is 0 Å². The predicted molar refractivity (Wildman–Crippen MR) is 58.5 cm³/mol. The fraction of sp³-hybridized carbons (Fsp3) is 0.500. The van der Waals surface area contributed by atoms with Crippen molar-refractivity contribution in [1.82, 2.24) is 0 Å². The highest BCUT2D eigenvalue weighted by molar-refractivity contribution is 5.55. The Kier molecular flexibility index (Phi) is 1.95. The molecule has 0 amide bonds. The maximum Gasteiger partial charge on any atom is 0.120 e. The van der Waals surface area contributed by atoms with Crippen LogP contribution in [0.3, 0.4) is 0 Å². The molecule has 0 aliphatic heterocycles. The van der Waals surface area contributed by atoms with Crippen molar-refractivity contribution in [3.05, 3.63) is 23.8 Å². The molecule has 2 N–H and O–H groups in total. The van der Waals surface area contributed by atoms with Crippen molar-refractivity contribution in [3.8, 4) is 5.75 Å². The van der Waals surface area contributed by atoms with Crippen molar-refractivity contribution in [2.75, 3.05) is 12.8 Å². The van der Waals surface area contributed by atoms with Crippen LogP contribution in [-0.4, -0.2) is 7.11 Å². The molecule has 2 heteroatoms. The second-order valence-corrected chi connectivity index (χ2v) is 4.74. The first-order valence-corrected chi connectivity index (χ1v) is 4.98. The molecule has 14 heavy (non-hydrogen) atoms. The number of nitrogens with two attached hydrogens (primary N) is 1. The molecule has 1 aromatic rings. The minimum absolute atomic E-state index is 0.433. The minimum Gasteiger partial charge on any atom is -0.497 e. The summed E-state index contributed by atoms with van der Waals surface area (Å²) < 4.78 is 5.12. The van der Waals surface area contributed by atoms with Crippen LogP contribution in [0.15, 0.2) is 18.2 Å². The number of anilines is 1. The van der Waals surface area contributed by atoms with Gasteiger partial charge in [-0.2, -0.15) is 0 Å². The van der Waals surface area contributed by atoms with E-state index in [0.717, 1.165) is 11.4 Å². The van der Waals surface area contributed by atoms with E-state index in [1.807, 2.05) is 12.1 Å². The van der Waals surface area contributed by atoms with E-state index >= 15 is 0 Å². The van der Waals surface area contributed by atoms with Crippen LogP contribution in [0.5, 0.6) is 5.75 Å². The van der Waals surface area contributed by atoms with Gasteiger partial charge in [-0.25, -0.2) is 0 Å². The monoisotopic (exact) mass is 191 g/mol. The summed E-state index contributed by atoms with van der Waals surface area (Å²) in [6, 6.07) is 5.98. The molecule has 1 atom stereocenters. The Labute approximate surface area is 85.1 Å². The summed E-state index contributed by atoms with van der Waals surface area (Å²) in [5.41, 5.74) is 8.55. The maximum atomic E-state index is 5.98. The average Bonchev–Trinajstić information content (AvgIpc) is 2.74. The second kappa shape index (κ2) is 2.91. The Balaban J connectivity index is 2.28. The van der Waals surface area contributed by atoms with Gasteiger partial charge in [-0.3, -0.25) is 0 Å². The van der Waals surface area contributed by atoms with Gasteiger partial charge in [0.1, 0.15) is 5.75 Å². The van der Waals surface area contributed by atoms with E-state index in [9.17, 15) is 0 Å². The standard InChI is InChI=1S/C12H17NO/c1-12(2)7-10(12)9-5-4-8(14-3)6-11(9)13/h4-6,10H,7,13H2,1-3H3. The fourth-order valence-electron chi connectivity index (χ4n) is 2.00. The van der Waals surface area contributed by atoms with E-state index in [1.165, 1.54) is 12.0 Å². The highest BCUT2D eigenvalue weighted by Crippen LogP contribution is 2.59. The summed E-state index contributed by atoms with van der Waals surface area (Å²) in [7, 11) is 1.66. The van der Waals surface area contributed by atoms with Crippen LogP contribution in [0, 0.1) is 5.41 Å². The molecular formula is C12H17NO. The highest BCUT2D eigenvalue weighted by atomic mass is 16.5. The number of rotatable bonds is 2. The van der Waals surface area contributed by atoms with Crippen LogP contribution < -0.4 is 10.5 Å². The molecule has 0 spiro atoms. The summed E-state index contributed by atoms with van der Waals surface area (Å²) in [4.78, 5) is 0. The number of nitrogen functional groups attached to an aromatic ring is 1. The number of ether oxygens (including phenoxy) is 1. The molecule has 2 rings (SSSR count). The lowest BCUT2D eigenvalue weighted by Crippen LogP contribution is -1.97. The molecule has 0 bridgehead atoms. The largest absolute Gasteiger partial charge is 0.497 e. The first kappa shape index (κ1) is 9.38. The Bertz CT molecular complexity index is 357. The zero-order valence-corrected chi connectivity index (χ0v) is 9.00. The number of hydrogen-bond donors (Lipinski definition) is 1. The van der Waals surface area contributed by atoms with Crippen molar-refractivity contribution < 1.29 is 4.74 Å². The van der Waals surface area contributed by atoms with Crippen LogP contribution in [0.4, 0.5) is 5.69 Å². The van der Waals surface area contributed by atoms with Gasteiger partial charge >= 0.3 is 0 Å². The van der Waals surface area contributed by atoms with E-state index in [1.54, 1.807) is 7.11 Å². The van der Waals surface area contributed by atoms with Crippen LogP contribution in [0.25, 0.3) is 0 Å². The van der Waals surface area contributed by atoms with Gasteiger partial charge in [-0.15, -0.1) is 0 Å². The summed E-state index contributed by atoms with van der Waals surface area (Å²) in [6.45, 7) is 4.56. The van der Waals surface area contributed by atoms with E-state index in [0.29, 0.717) is 11.3 Å². The molecule has 0 saturated heterocycles. The van der Waals surface area contributed by atoms with Gasteiger partial charge in [0.05, 0.1) is 7.11 Å². The van der Waals surface area contributed by atoms with Gasteiger partial charge in [0.25, 0.3) is 0 Å². The number of benzene rings is 1. The molecule has 1 aromatic carbocycles. The predicted octanol–water partition coefficient (Wildman–Crippen LogP) is 2.79. The summed E-state index contributed by atoms with van der Waals surface area (Å²) in [6.07, 6.45) is 1.24. The van der Waals surface area contributed by atoms with Crippen molar-refractivity contribution in [2.24, 2.45) is 5.41 Å². The third kappa shape index (κ3) is 1.45. The van der Waals surface area contributed by atoms with Crippen molar-refractivity contribution in [2.45, 2.75) is 26.2 Å². The normalized spacial score (nSPS) is 23.2. The quantitative estimate of drug-likeness (QED) is 0.729. The van der Waals surface area contributed by atoms with Gasteiger partial charge < -0.3 is 10.5 Å². The maximum absolute atomic E-state index is 5.98. The molecule has 1 saturated carbocycles. The van der Waals surface area contributed by atoms with Gasteiger partial charge in [-0.05, 0) is 29.4 Å². The molecule has 1 fully saturated rings. The number of hydrogen-bond acceptors (Lipinski definition) is 2. The molecule has 76 valence electrons. The first-order valence-electron chi connectivity index (χ1n) is 4.98. The lowest BCUT2D eigenvalue weighted by atomic mass is 10.0. The summed E-state index contributed by atoms with van der Waals surface area (Å²) in [5.74, 6) is 1.47. The topological polar surface area (TPSA) is 35.2 Å². The summed E-state index contributed by atoms with van der Waals surface area (Å²) in [5, 5.41) is 0. The van der Waals surface area contributed by atoms with Crippen LogP contribution in [0.1, 0.15) is 31.7 Å². The lowest BCUT2D eigenvalue weighted by molar-refractivity contribution is 0.415. The molecule has 1 aliphatic carbocycles. The van der Waals surface area contributed by atoms with Crippen molar-refractivity contribution >= 4 is 5.69 Å². The van der Waals surface area contributed by atoms with Crippen LogP contribution in [-0.2, 0) is 0 Å². The average molecular weight is 191 g/mol. The second-order valence-electron chi connectivity index (χ2n) is 4.74. The van der Waals surface area contributed by atoms with E-state index in [2.05, 4.69) is 19.9 Å². The van der Waals surface area contributed by atoms with Gasteiger partial charge in [0.15, 0.2) is 0 Å². The van der Waals surface area contributed by atoms with Gasteiger partial charge in [0, 0.05) is 11.8 Å². The van der Waals surface area contributed by atoms with E-state index < -0.39 is 0 Å². The van der Waals surface area contributed by atoms with Crippen LogP contribution >= 0.6 is 0 Å². The zero-order valence-electron chi connectivity index (χ0n) is 9.00. The van der Waals surface area contributed by atoms with Crippen molar-refractivity contribution in [3.63, 3.8) is 0 Å². The van der Waals surface area contributed by atoms with Crippen molar-refractivity contribution in [1.29, 1.82) is 0 Å². The zero-order chi connectivity index (χ0) is 10.3. The molecule has 0 heterocycles. The van der Waals surface area contributed by atoms with E-state index in [-0.39, 0.29) is 0 Å². The van der Waals surface area contributed by atoms with Gasteiger partial charge in [-0.1, -0.05) is 19.9 Å². The smallest absolute Gasteiger partial charge is 0.120 e. The third-order valence-corrected chi connectivity index (χ3v) is 3.18. The first-order chi connectivity index (χ1) is 6.54. The molecule has 1 aliphatic rings. The Hall–Kier alpha value is -1.18. The molecular weight excluding hydrogens is 174 g/mol. The Morgan fingerprint density at radius 3 is 2.50 bits per heavy atom. The molecule has 2 nitrogen and oxygen atoms in total. The van der Waals surface area contributed by atoms with Gasteiger partial charge in [0.2, 0.25) is 0 Å². The molecule has 0 aromatic heterocycles.